The molecule has 1 N–H and O–H groups in total. The predicted molar refractivity (Wildman–Crippen MR) is 147 cm³/mol. The van der Waals surface area contributed by atoms with Crippen LogP contribution in [0.1, 0.15) is 29.8 Å². The molecule has 0 aliphatic carbocycles. The third-order valence-corrected chi connectivity index (χ3v) is 7.18. The van der Waals surface area contributed by atoms with E-state index in [-0.39, 0.29) is 17.3 Å². The summed E-state index contributed by atoms with van der Waals surface area (Å²) in [5.74, 6) is 0.796. The minimum atomic E-state index is -0.356. The first-order valence-electron chi connectivity index (χ1n) is 12.4. The molecule has 3 heterocycles. The Labute approximate surface area is 214 Å². The maximum atomic E-state index is 13.8. The van der Waals surface area contributed by atoms with Crippen LogP contribution in [0.5, 0.6) is 5.75 Å². The monoisotopic (exact) mass is 492 g/mol. The van der Waals surface area contributed by atoms with E-state index in [9.17, 15) is 9.59 Å². The summed E-state index contributed by atoms with van der Waals surface area (Å²) in [7, 11) is 3.27. The van der Waals surface area contributed by atoms with Crippen LogP contribution < -0.4 is 21.3 Å². The molecule has 0 amide bonds. The zero-order valence-electron chi connectivity index (χ0n) is 21.3. The van der Waals surface area contributed by atoms with Crippen LogP contribution in [0.3, 0.4) is 0 Å². The summed E-state index contributed by atoms with van der Waals surface area (Å²) >= 11 is 0. The quantitative estimate of drug-likeness (QED) is 0.387. The van der Waals surface area contributed by atoms with Gasteiger partial charge in [0.25, 0.3) is 5.56 Å². The van der Waals surface area contributed by atoms with Crippen LogP contribution in [-0.4, -0.2) is 20.3 Å². The van der Waals surface area contributed by atoms with Crippen LogP contribution in [0.15, 0.2) is 82.4 Å². The maximum absolute atomic E-state index is 13.8. The van der Waals surface area contributed by atoms with Gasteiger partial charge in [-0.2, -0.15) is 0 Å². The molecule has 3 aromatic carbocycles. The molecule has 186 valence electrons. The lowest BCUT2D eigenvalue weighted by Crippen LogP contribution is -2.37. The topological polar surface area (TPSA) is 70.2 Å². The molecule has 0 radical (unpaired) electrons. The Balaban J connectivity index is 1.78. The van der Waals surface area contributed by atoms with Crippen LogP contribution in [0, 0.1) is 6.92 Å². The number of benzene rings is 3. The molecule has 37 heavy (non-hydrogen) atoms. The number of ether oxygens (including phenoxy) is 1. The van der Waals surface area contributed by atoms with E-state index in [1.807, 2.05) is 86.6 Å². The van der Waals surface area contributed by atoms with E-state index in [1.54, 1.807) is 11.6 Å². The summed E-state index contributed by atoms with van der Waals surface area (Å²) in [6, 6.07) is 23.9. The normalized spacial score (nSPS) is 14.2. The number of nitrogens with one attached hydrogen (secondary N) is 1. The molecule has 0 bridgehead atoms. The molecule has 0 spiro atoms. The minimum Gasteiger partial charge on any atom is -0.494 e. The van der Waals surface area contributed by atoms with Crippen LogP contribution in [0.2, 0.25) is 0 Å². The standard InChI is InChI=1S/C30H28N4O3/c1-5-37-21-16-14-19(15-17-21)25-28-27-24(29(35)33(4)30(36)32(27)3)26(20-12-10-18(2)11-13-20)34(28)23-9-7-6-8-22(23)31-25/h6-17,25,31H,5H2,1-4H3. The summed E-state index contributed by atoms with van der Waals surface area (Å²) in [6.45, 7) is 4.59. The van der Waals surface area contributed by atoms with Gasteiger partial charge in [-0.1, -0.05) is 54.1 Å². The molecule has 1 unspecified atom stereocenters. The van der Waals surface area contributed by atoms with E-state index in [0.29, 0.717) is 17.5 Å². The average Bonchev–Trinajstić information content (AvgIpc) is 3.28. The number of aromatic nitrogens is 3. The SMILES string of the molecule is CCOc1ccc(C2Nc3ccccc3-n3c(-c4ccc(C)cc4)c4c(=O)n(C)c(=O)n(C)c4c32)cc1. The van der Waals surface area contributed by atoms with Gasteiger partial charge < -0.3 is 14.6 Å². The van der Waals surface area contributed by atoms with Crippen LogP contribution >= 0.6 is 0 Å². The predicted octanol–water partition coefficient (Wildman–Crippen LogP) is 4.92. The number of rotatable bonds is 4. The maximum Gasteiger partial charge on any atom is 0.331 e. The lowest BCUT2D eigenvalue weighted by Gasteiger charge is -2.31. The number of fused-ring (bicyclic) bond motifs is 5. The number of anilines is 1. The third-order valence-electron chi connectivity index (χ3n) is 7.18. The van der Waals surface area contributed by atoms with Gasteiger partial charge >= 0.3 is 5.69 Å². The summed E-state index contributed by atoms with van der Waals surface area (Å²) in [4.78, 5) is 26.9. The molecule has 0 saturated carbocycles. The number of hydrogen-bond acceptors (Lipinski definition) is 4. The van der Waals surface area contributed by atoms with Crippen molar-refractivity contribution in [3.63, 3.8) is 0 Å². The fraction of sp³-hybridized carbons (Fsp3) is 0.200. The van der Waals surface area contributed by atoms with Gasteiger partial charge in [0.1, 0.15) is 5.75 Å². The first-order valence-corrected chi connectivity index (χ1v) is 12.4. The molecule has 7 nitrogen and oxygen atoms in total. The Kier molecular flexibility index (Phi) is 5.30. The van der Waals surface area contributed by atoms with Crippen molar-refractivity contribution in [3.8, 4) is 22.7 Å². The smallest absolute Gasteiger partial charge is 0.331 e. The largest absolute Gasteiger partial charge is 0.494 e. The van der Waals surface area contributed by atoms with Gasteiger partial charge in [0, 0.05) is 14.1 Å². The van der Waals surface area contributed by atoms with E-state index in [1.165, 1.54) is 11.6 Å². The Morgan fingerprint density at radius 2 is 1.59 bits per heavy atom. The Morgan fingerprint density at radius 1 is 0.892 bits per heavy atom. The van der Waals surface area contributed by atoms with Gasteiger partial charge in [-0.05, 0) is 49.2 Å². The second kappa shape index (κ2) is 8.55. The highest BCUT2D eigenvalue weighted by molar-refractivity contribution is 5.99. The second-order valence-corrected chi connectivity index (χ2v) is 9.46. The summed E-state index contributed by atoms with van der Waals surface area (Å²) < 4.78 is 10.6. The third kappa shape index (κ3) is 3.42. The van der Waals surface area contributed by atoms with E-state index in [2.05, 4.69) is 9.88 Å². The molecule has 1 aliphatic rings. The van der Waals surface area contributed by atoms with Crippen LogP contribution in [-0.2, 0) is 14.1 Å². The van der Waals surface area contributed by atoms with E-state index >= 15 is 0 Å². The Hall–Kier alpha value is -4.52. The fourth-order valence-corrected chi connectivity index (χ4v) is 5.38. The van der Waals surface area contributed by atoms with Gasteiger partial charge in [-0.3, -0.25) is 13.9 Å². The molecule has 7 heteroatoms. The Morgan fingerprint density at radius 3 is 2.30 bits per heavy atom. The molecule has 0 saturated heterocycles. The van der Waals surface area contributed by atoms with E-state index < -0.39 is 0 Å². The van der Waals surface area contributed by atoms with Crippen molar-refractivity contribution >= 4 is 16.6 Å². The highest BCUT2D eigenvalue weighted by atomic mass is 16.5. The summed E-state index contributed by atoms with van der Waals surface area (Å²) in [5, 5.41) is 4.21. The van der Waals surface area contributed by atoms with E-state index in [0.717, 1.165) is 45.2 Å². The molecule has 5 aromatic rings. The molecular formula is C30H28N4O3. The van der Waals surface area contributed by atoms with Crippen molar-refractivity contribution in [1.82, 2.24) is 13.7 Å². The Bertz CT molecular complexity index is 1770. The van der Waals surface area contributed by atoms with Crippen molar-refractivity contribution < 1.29 is 4.74 Å². The highest BCUT2D eigenvalue weighted by Gasteiger charge is 2.34. The van der Waals surface area contributed by atoms with Crippen LogP contribution in [0.4, 0.5) is 5.69 Å². The lowest BCUT2D eigenvalue weighted by atomic mass is 9.99. The zero-order valence-corrected chi connectivity index (χ0v) is 21.3. The highest BCUT2D eigenvalue weighted by Crippen LogP contribution is 2.45. The first kappa shape index (κ1) is 22.9. The van der Waals surface area contributed by atoms with Gasteiger partial charge in [0.2, 0.25) is 0 Å². The average molecular weight is 493 g/mol. The zero-order chi connectivity index (χ0) is 25.8. The van der Waals surface area contributed by atoms with Crippen LogP contribution in [0.25, 0.3) is 27.8 Å². The van der Waals surface area contributed by atoms with Gasteiger partial charge in [0.05, 0.1) is 46.3 Å². The molecule has 2 aromatic heterocycles. The molecule has 0 fully saturated rings. The van der Waals surface area contributed by atoms with Crippen molar-refractivity contribution in [2.75, 3.05) is 11.9 Å². The molecule has 6 rings (SSSR count). The van der Waals surface area contributed by atoms with Crippen molar-refractivity contribution in [3.05, 3.63) is 110 Å². The molecular weight excluding hydrogens is 464 g/mol. The number of nitrogens with zero attached hydrogens (tertiary/aromatic N) is 3. The summed E-state index contributed by atoms with van der Waals surface area (Å²) in [5.41, 5.74) is 6.53. The second-order valence-electron chi connectivity index (χ2n) is 9.46. The fourth-order valence-electron chi connectivity index (χ4n) is 5.38. The van der Waals surface area contributed by atoms with Gasteiger partial charge in [0.15, 0.2) is 0 Å². The number of aryl methyl sites for hydroxylation is 2. The first-order chi connectivity index (χ1) is 17.9. The number of para-hydroxylation sites is 2. The molecule has 1 atom stereocenters. The summed E-state index contributed by atoms with van der Waals surface area (Å²) in [6.07, 6.45) is 0. The van der Waals surface area contributed by atoms with Gasteiger partial charge in [-0.15, -0.1) is 0 Å². The number of hydrogen-bond donors (Lipinski definition) is 1. The molecule has 1 aliphatic heterocycles. The lowest BCUT2D eigenvalue weighted by molar-refractivity contribution is 0.340. The van der Waals surface area contributed by atoms with E-state index in [4.69, 9.17) is 4.74 Å². The van der Waals surface area contributed by atoms with Gasteiger partial charge in [-0.25, -0.2) is 4.79 Å². The van der Waals surface area contributed by atoms with Crippen molar-refractivity contribution in [2.45, 2.75) is 19.9 Å². The minimum absolute atomic E-state index is 0.301. The van der Waals surface area contributed by atoms with Crippen molar-refractivity contribution in [2.24, 2.45) is 14.1 Å². The van der Waals surface area contributed by atoms with Crippen molar-refractivity contribution in [1.29, 1.82) is 0 Å².